The molecule has 5 aromatic rings. The van der Waals surface area contributed by atoms with E-state index in [4.69, 9.17) is 22.9 Å². The quantitative estimate of drug-likeness (QED) is 0.169. The van der Waals surface area contributed by atoms with Crippen LogP contribution in [0.4, 0.5) is 11.4 Å². The molecule has 0 aliphatic heterocycles. The van der Waals surface area contributed by atoms with Crippen LogP contribution in [-0.2, 0) is 12.8 Å². The van der Waals surface area contributed by atoms with Gasteiger partial charge in [-0.2, -0.15) is 0 Å². The Morgan fingerprint density at radius 2 is 0.951 bits per heavy atom. The monoisotopic (exact) mass is 542 g/mol. The second-order valence-corrected chi connectivity index (χ2v) is 10.0. The van der Waals surface area contributed by atoms with Crippen LogP contribution in [0.15, 0.2) is 103 Å². The van der Waals surface area contributed by atoms with Crippen LogP contribution in [0, 0.1) is 0 Å². The van der Waals surface area contributed by atoms with Crippen molar-refractivity contribution in [2.24, 2.45) is 11.5 Å². The van der Waals surface area contributed by atoms with Gasteiger partial charge in [0.2, 0.25) is 5.91 Å². The molecular formula is C34H30N4O3. The molecule has 0 aromatic heterocycles. The zero-order chi connectivity index (χ0) is 29.1. The standard InChI is InChI=1S/C34H30N4O3/c35-26-13-5-22(6-14-26)17-20-1-9-24(10-2-20)28-19-29(33(37)40)32(39)30(31(28)34(38)41)25-11-3-21(4-12-25)18-23-7-15-27(36)16-8-23/h1-16,19,39H,17-18,35-36H2,(H2,37,40)(H2,38,41). The van der Waals surface area contributed by atoms with E-state index in [0.717, 1.165) is 22.3 Å². The average molecular weight is 543 g/mol. The Bertz CT molecular complexity index is 1730. The summed E-state index contributed by atoms with van der Waals surface area (Å²) in [6.07, 6.45) is 1.36. The number of aromatic hydroxyl groups is 1. The van der Waals surface area contributed by atoms with Gasteiger partial charge in [0.25, 0.3) is 5.91 Å². The first-order valence-electron chi connectivity index (χ1n) is 13.1. The normalized spacial score (nSPS) is 10.8. The maximum Gasteiger partial charge on any atom is 0.252 e. The van der Waals surface area contributed by atoms with Crippen LogP contribution in [0.25, 0.3) is 22.3 Å². The van der Waals surface area contributed by atoms with Crippen molar-refractivity contribution < 1.29 is 14.7 Å². The SMILES string of the molecule is NC(=O)c1cc(-c2ccc(Cc3ccc(N)cc3)cc2)c(C(N)=O)c(-c2ccc(Cc3ccc(N)cc3)cc2)c1O. The first-order chi connectivity index (χ1) is 19.7. The molecule has 0 unspecified atom stereocenters. The summed E-state index contributed by atoms with van der Waals surface area (Å²) in [5.74, 6) is -1.94. The van der Waals surface area contributed by atoms with Crippen LogP contribution in [0.3, 0.4) is 0 Å². The van der Waals surface area contributed by atoms with E-state index in [0.29, 0.717) is 40.9 Å². The summed E-state index contributed by atoms with van der Waals surface area (Å²) in [5, 5.41) is 11.1. The van der Waals surface area contributed by atoms with Crippen LogP contribution in [-0.4, -0.2) is 16.9 Å². The Kier molecular flexibility index (Phi) is 7.43. The third-order valence-electron chi connectivity index (χ3n) is 7.10. The molecule has 204 valence electrons. The molecule has 0 radical (unpaired) electrons. The van der Waals surface area contributed by atoms with E-state index in [-0.39, 0.29) is 22.4 Å². The van der Waals surface area contributed by atoms with E-state index in [2.05, 4.69) is 0 Å². The third-order valence-corrected chi connectivity index (χ3v) is 7.10. The Hall–Kier alpha value is -5.56. The van der Waals surface area contributed by atoms with E-state index in [1.54, 1.807) is 12.1 Å². The fourth-order valence-corrected chi connectivity index (χ4v) is 4.96. The Morgan fingerprint density at radius 1 is 0.561 bits per heavy atom. The molecule has 5 aromatic carbocycles. The largest absolute Gasteiger partial charge is 0.506 e. The summed E-state index contributed by atoms with van der Waals surface area (Å²) in [5.41, 5.74) is 30.5. The highest BCUT2D eigenvalue weighted by atomic mass is 16.3. The number of amides is 2. The van der Waals surface area contributed by atoms with Crippen molar-refractivity contribution in [3.8, 4) is 28.0 Å². The number of hydrogen-bond acceptors (Lipinski definition) is 5. The van der Waals surface area contributed by atoms with E-state index >= 15 is 0 Å². The Balaban J connectivity index is 1.55. The topological polar surface area (TPSA) is 158 Å². The van der Waals surface area contributed by atoms with Crippen molar-refractivity contribution in [2.75, 3.05) is 11.5 Å². The molecule has 9 N–H and O–H groups in total. The van der Waals surface area contributed by atoms with Gasteiger partial charge >= 0.3 is 0 Å². The highest BCUT2D eigenvalue weighted by Crippen LogP contribution is 2.41. The maximum atomic E-state index is 12.9. The summed E-state index contributed by atoms with van der Waals surface area (Å²) in [4.78, 5) is 25.2. The van der Waals surface area contributed by atoms with E-state index in [1.165, 1.54) is 6.07 Å². The van der Waals surface area contributed by atoms with Crippen molar-refractivity contribution in [1.82, 2.24) is 0 Å². The molecule has 0 atom stereocenters. The van der Waals surface area contributed by atoms with Gasteiger partial charge in [-0.1, -0.05) is 72.8 Å². The third kappa shape index (κ3) is 5.89. The van der Waals surface area contributed by atoms with E-state index in [1.807, 2.05) is 84.9 Å². The molecule has 5 rings (SSSR count). The summed E-state index contributed by atoms with van der Waals surface area (Å²) in [7, 11) is 0. The second kappa shape index (κ2) is 11.3. The lowest BCUT2D eigenvalue weighted by Crippen LogP contribution is -2.18. The van der Waals surface area contributed by atoms with Gasteiger partial charge in [0.05, 0.1) is 11.1 Å². The van der Waals surface area contributed by atoms with Crippen molar-refractivity contribution in [3.63, 3.8) is 0 Å². The van der Waals surface area contributed by atoms with Crippen molar-refractivity contribution in [1.29, 1.82) is 0 Å². The molecule has 0 heterocycles. The van der Waals surface area contributed by atoms with Crippen LogP contribution in [0.1, 0.15) is 43.0 Å². The molecule has 0 saturated heterocycles. The predicted molar refractivity (Wildman–Crippen MR) is 163 cm³/mol. The van der Waals surface area contributed by atoms with E-state index in [9.17, 15) is 14.7 Å². The number of carbonyl (C=O) groups excluding carboxylic acids is 2. The molecule has 41 heavy (non-hydrogen) atoms. The first kappa shape index (κ1) is 27.0. The Labute approximate surface area is 238 Å². The van der Waals surface area contributed by atoms with Crippen molar-refractivity contribution in [3.05, 3.63) is 137 Å². The number of rotatable bonds is 8. The summed E-state index contributed by atoms with van der Waals surface area (Å²) in [6, 6.07) is 31.7. The molecule has 2 amide bonds. The predicted octanol–water partition coefficient (Wildman–Crippen LogP) is 5.27. The number of hydrogen-bond donors (Lipinski definition) is 5. The van der Waals surface area contributed by atoms with Gasteiger partial charge in [-0.15, -0.1) is 0 Å². The maximum absolute atomic E-state index is 12.9. The minimum absolute atomic E-state index is 0.100. The fraction of sp³-hybridized carbons (Fsp3) is 0.0588. The minimum atomic E-state index is -0.819. The van der Waals surface area contributed by atoms with Gasteiger partial charge in [-0.05, 0) is 82.1 Å². The van der Waals surface area contributed by atoms with Gasteiger partial charge in [-0.3, -0.25) is 9.59 Å². The zero-order valence-corrected chi connectivity index (χ0v) is 22.3. The number of phenols is 1. The average Bonchev–Trinajstić information content (AvgIpc) is 2.96. The van der Waals surface area contributed by atoms with Crippen LogP contribution < -0.4 is 22.9 Å². The molecule has 0 fully saturated rings. The van der Waals surface area contributed by atoms with Crippen LogP contribution >= 0.6 is 0 Å². The lowest BCUT2D eigenvalue weighted by molar-refractivity contribution is 0.0987. The van der Waals surface area contributed by atoms with Crippen molar-refractivity contribution >= 4 is 23.2 Å². The van der Waals surface area contributed by atoms with Gasteiger partial charge in [0, 0.05) is 16.9 Å². The molecule has 0 bridgehead atoms. The number of carbonyl (C=O) groups is 2. The van der Waals surface area contributed by atoms with Crippen molar-refractivity contribution in [2.45, 2.75) is 12.8 Å². The molecule has 0 saturated carbocycles. The molecule has 0 aliphatic rings. The summed E-state index contributed by atoms with van der Waals surface area (Å²) >= 11 is 0. The molecule has 7 nitrogen and oxygen atoms in total. The molecule has 0 aliphatic carbocycles. The number of nitrogen functional groups attached to an aromatic ring is 2. The lowest BCUT2D eigenvalue weighted by atomic mass is 9.87. The fourth-order valence-electron chi connectivity index (χ4n) is 4.96. The smallest absolute Gasteiger partial charge is 0.252 e. The number of primary amides is 2. The van der Waals surface area contributed by atoms with Crippen LogP contribution in [0.2, 0.25) is 0 Å². The van der Waals surface area contributed by atoms with Gasteiger partial charge < -0.3 is 28.0 Å². The number of benzene rings is 5. The highest BCUT2D eigenvalue weighted by Gasteiger charge is 2.25. The first-order valence-corrected chi connectivity index (χ1v) is 13.1. The number of anilines is 2. The second-order valence-electron chi connectivity index (χ2n) is 10.0. The molecule has 0 spiro atoms. The van der Waals surface area contributed by atoms with Gasteiger partial charge in [0.15, 0.2) is 0 Å². The van der Waals surface area contributed by atoms with Gasteiger partial charge in [0.1, 0.15) is 5.75 Å². The summed E-state index contributed by atoms with van der Waals surface area (Å²) in [6.45, 7) is 0. The highest BCUT2D eigenvalue weighted by molar-refractivity contribution is 6.11. The van der Waals surface area contributed by atoms with E-state index < -0.39 is 11.8 Å². The number of nitrogens with two attached hydrogens (primary N) is 4. The zero-order valence-electron chi connectivity index (χ0n) is 22.3. The summed E-state index contributed by atoms with van der Waals surface area (Å²) < 4.78 is 0. The van der Waals surface area contributed by atoms with Crippen LogP contribution in [0.5, 0.6) is 5.75 Å². The Morgan fingerprint density at radius 3 is 1.34 bits per heavy atom. The molecular weight excluding hydrogens is 512 g/mol. The lowest BCUT2D eigenvalue weighted by Gasteiger charge is -2.18. The molecule has 7 heteroatoms. The van der Waals surface area contributed by atoms with Gasteiger partial charge in [-0.25, -0.2) is 0 Å². The minimum Gasteiger partial charge on any atom is -0.506 e.